The van der Waals surface area contributed by atoms with E-state index in [1.54, 1.807) is 0 Å². The quantitative estimate of drug-likeness (QED) is 0.0783. The van der Waals surface area contributed by atoms with E-state index < -0.39 is 24.6 Å². The second kappa shape index (κ2) is 18.6. The third-order valence-electron chi connectivity index (χ3n) is 14.1. The number of aliphatic hydroxyl groups is 1. The van der Waals surface area contributed by atoms with Crippen LogP contribution in [-0.4, -0.2) is 98.6 Å². The first kappa shape index (κ1) is 42.0. The van der Waals surface area contributed by atoms with Crippen LogP contribution in [0, 0.1) is 11.8 Å². The topological polar surface area (TPSA) is 178 Å². The molecule has 2 aliphatic carbocycles. The van der Waals surface area contributed by atoms with Gasteiger partial charge in [0.1, 0.15) is 17.7 Å². The molecule has 2 saturated carbocycles. The molecule has 2 saturated heterocycles. The van der Waals surface area contributed by atoms with Crippen LogP contribution in [0.4, 0.5) is 4.79 Å². The number of likely N-dealkylation sites (tertiary alicyclic amines) is 2. The molecule has 5 atom stereocenters. The number of aromatic nitrogens is 4. The van der Waals surface area contributed by atoms with E-state index in [-0.39, 0.29) is 35.7 Å². The fourth-order valence-electron chi connectivity index (χ4n) is 10.7. The molecule has 0 bridgehead atoms. The lowest BCUT2D eigenvalue weighted by atomic mass is 9.83. The molecule has 14 nitrogen and oxygen atoms in total. The summed E-state index contributed by atoms with van der Waals surface area (Å²) in [6.45, 7) is 1.28. The van der Waals surface area contributed by atoms with Crippen LogP contribution >= 0.6 is 0 Å². The minimum absolute atomic E-state index is 0.00507. The van der Waals surface area contributed by atoms with Gasteiger partial charge in [0.15, 0.2) is 0 Å². The average Bonchev–Trinajstić information content (AvgIpc) is 4.16. The zero-order valence-electron chi connectivity index (χ0n) is 35.9. The lowest BCUT2D eigenvalue weighted by molar-refractivity contribution is -0.146. The van der Waals surface area contributed by atoms with Crippen LogP contribution < -0.4 is 10.6 Å². The van der Waals surface area contributed by atoms with E-state index in [0.717, 1.165) is 139 Å². The number of benzene rings is 3. The first-order valence-electron chi connectivity index (χ1n) is 22.8. The highest BCUT2D eigenvalue weighted by molar-refractivity contribution is 5.92. The molecule has 4 fully saturated rings. The van der Waals surface area contributed by atoms with E-state index in [1.165, 1.54) is 20.6 Å². The molecule has 2 aliphatic heterocycles. The standard InChI is InChI=1S/C48H60N8O6/c1-61-47(59)53-41(29-11-5-3-6-12-29)45(57)55-23-9-15-39(55)43-49-28-38(52-43)35-20-19-31-25-32(17-18-33(31)26-35)34-21-22-36-37(27-34)51-44(50-36)40-16-10-24-56(40)46(58)42(54-48(60)62-2)30-13-7-4-8-14-30/h17-22,25-30,39-42,48,54,60H,3-16,23-24H2,1-2H3,(H,49,52)(H,50,51)(H,53,59)/t39-,40-,41-,42-,48?/m0/s1. The van der Waals surface area contributed by atoms with Gasteiger partial charge in [-0.05, 0) is 109 Å². The SMILES string of the molecule is COC(=O)N[C@H](C(=O)N1CCC[C@H]1c1ncc(-c2ccc3cc(-c4ccc5nc([C@@H]6CCCN6C(=O)[C@@H](NC(O)OC)C6CCCCC6)[nH]c5c4)ccc3c2)[nH]1)C1CCCCC1. The van der Waals surface area contributed by atoms with Crippen molar-refractivity contribution in [2.24, 2.45) is 11.8 Å². The summed E-state index contributed by atoms with van der Waals surface area (Å²) < 4.78 is 10.0. The molecule has 62 heavy (non-hydrogen) atoms. The van der Waals surface area contributed by atoms with Crippen LogP contribution in [0.25, 0.3) is 44.2 Å². The second-order valence-electron chi connectivity index (χ2n) is 17.8. The van der Waals surface area contributed by atoms with Gasteiger partial charge >= 0.3 is 6.09 Å². The summed E-state index contributed by atoms with van der Waals surface area (Å²) in [6.07, 6.45) is 13.9. The Kier molecular flexibility index (Phi) is 12.6. The zero-order valence-corrected chi connectivity index (χ0v) is 35.9. The number of ether oxygens (including phenoxy) is 2. The summed E-state index contributed by atoms with van der Waals surface area (Å²) in [7, 11) is 2.77. The summed E-state index contributed by atoms with van der Waals surface area (Å²) in [5.74, 6) is 1.75. The third-order valence-corrected chi connectivity index (χ3v) is 14.1. The van der Waals surface area contributed by atoms with Crippen molar-refractivity contribution < 1.29 is 29.0 Å². The molecule has 5 N–H and O–H groups in total. The van der Waals surface area contributed by atoms with Crippen LogP contribution in [0.3, 0.4) is 0 Å². The van der Waals surface area contributed by atoms with Crippen LogP contribution in [0.2, 0.25) is 0 Å². The number of rotatable bonds is 12. The molecule has 0 spiro atoms. The van der Waals surface area contributed by atoms with Crippen molar-refractivity contribution in [1.82, 2.24) is 40.4 Å². The van der Waals surface area contributed by atoms with E-state index >= 15 is 0 Å². The Balaban J connectivity index is 0.899. The van der Waals surface area contributed by atoms with E-state index in [0.29, 0.717) is 13.1 Å². The number of imidazole rings is 2. The Morgan fingerprint density at radius 3 is 1.94 bits per heavy atom. The highest BCUT2D eigenvalue weighted by atomic mass is 16.6. The number of methoxy groups -OCH3 is 2. The zero-order chi connectivity index (χ0) is 42.7. The van der Waals surface area contributed by atoms with Crippen molar-refractivity contribution in [3.05, 3.63) is 72.4 Å². The summed E-state index contributed by atoms with van der Waals surface area (Å²) in [5, 5.41) is 18.5. The van der Waals surface area contributed by atoms with Gasteiger partial charge in [-0.15, -0.1) is 0 Å². The van der Waals surface area contributed by atoms with Crippen molar-refractivity contribution in [3.63, 3.8) is 0 Å². The molecular weight excluding hydrogens is 785 g/mol. The lowest BCUT2D eigenvalue weighted by Crippen LogP contribution is -2.54. The maximum absolute atomic E-state index is 14.2. The number of carbonyl (C=O) groups is 3. The number of amides is 3. The predicted molar refractivity (Wildman–Crippen MR) is 236 cm³/mol. The minimum atomic E-state index is -1.20. The predicted octanol–water partition coefficient (Wildman–Crippen LogP) is 7.87. The van der Waals surface area contributed by atoms with Gasteiger partial charge in [0.2, 0.25) is 18.2 Å². The van der Waals surface area contributed by atoms with Gasteiger partial charge in [0, 0.05) is 25.8 Å². The van der Waals surface area contributed by atoms with Crippen LogP contribution in [0.1, 0.15) is 114 Å². The van der Waals surface area contributed by atoms with E-state index in [2.05, 4.69) is 69.1 Å². The largest absolute Gasteiger partial charge is 0.453 e. The fraction of sp³-hybridized carbons (Fsp3) is 0.521. The molecule has 4 heterocycles. The molecule has 2 aromatic heterocycles. The third kappa shape index (κ3) is 8.69. The van der Waals surface area contributed by atoms with Gasteiger partial charge < -0.3 is 39.7 Å². The minimum Gasteiger partial charge on any atom is -0.453 e. The number of nitrogens with zero attached hydrogens (tertiary/aromatic N) is 4. The van der Waals surface area contributed by atoms with Crippen molar-refractivity contribution in [2.75, 3.05) is 27.3 Å². The maximum atomic E-state index is 14.2. The van der Waals surface area contributed by atoms with Gasteiger partial charge in [-0.3, -0.25) is 14.9 Å². The van der Waals surface area contributed by atoms with Gasteiger partial charge in [-0.25, -0.2) is 14.8 Å². The number of aromatic amines is 2. The Morgan fingerprint density at radius 2 is 1.27 bits per heavy atom. The number of alkyl carbamates (subject to hydrolysis) is 1. The van der Waals surface area contributed by atoms with Crippen LogP contribution in [0.15, 0.2) is 60.8 Å². The van der Waals surface area contributed by atoms with Crippen molar-refractivity contribution in [3.8, 4) is 22.4 Å². The summed E-state index contributed by atoms with van der Waals surface area (Å²) in [6, 6.07) is 17.7. The number of H-pyrrole nitrogens is 2. The Hall–Kier alpha value is -5.31. The highest BCUT2D eigenvalue weighted by Gasteiger charge is 2.41. The number of aliphatic hydroxyl groups excluding tert-OH is 1. The molecule has 3 amide bonds. The number of hydrogen-bond donors (Lipinski definition) is 5. The summed E-state index contributed by atoms with van der Waals surface area (Å²) in [4.78, 5) is 61.3. The first-order chi connectivity index (χ1) is 30.3. The van der Waals surface area contributed by atoms with Crippen molar-refractivity contribution in [1.29, 1.82) is 0 Å². The summed E-state index contributed by atoms with van der Waals surface area (Å²) >= 11 is 0. The summed E-state index contributed by atoms with van der Waals surface area (Å²) in [5.41, 5.74) is 5.82. The Labute approximate surface area is 362 Å². The number of carbonyl (C=O) groups excluding carboxylic acids is 3. The fourth-order valence-corrected chi connectivity index (χ4v) is 10.7. The average molecular weight is 845 g/mol. The number of fused-ring (bicyclic) bond motifs is 2. The molecule has 4 aliphatic rings. The smallest absolute Gasteiger partial charge is 0.407 e. The molecule has 14 heteroatoms. The molecule has 5 aromatic rings. The van der Waals surface area contributed by atoms with Gasteiger partial charge in [0.05, 0.1) is 48.2 Å². The molecule has 328 valence electrons. The van der Waals surface area contributed by atoms with Crippen LogP contribution in [0.5, 0.6) is 0 Å². The number of nitrogens with one attached hydrogen (secondary N) is 4. The Morgan fingerprint density at radius 1 is 0.694 bits per heavy atom. The second-order valence-corrected chi connectivity index (χ2v) is 17.8. The first-order valence-corrected chi connectivity index (χ1v) is 22.8. The Bertz CT molecular complexity index is 2380. The van der Waals surface area contributed by atoms with Gasteiger partial charge in [0.25, 0.3) is 0 Å². The van der Waals surface area contributed by atoms with E-state index in [9.17, 15) is 19.5 Å². The maximum Gasteiger partial charge on any atom is 0.407 e. The molecule has 1 unspecified atom stereocenters. The van der Waals surface area contributed by atoms with E-state index in [1.807, 2.05) is 22.1 Å². The van der Waals surface area contributed by atoms with Crippen molar-refractivity contribution in [2.45, 2.75) is 120 Å². The van der Waals surface area contributed by atoms with Gasteiger partial charge in [-0.1, -0.05) is 68.9 Å². The number of hydrogen-bond acceptors (Lipinski definition) is 9. The van der Waals surface area contributed by atoms with E-state index in [4.69, 9.17) is 19.4 Å². The molecule has 9 rings (SSSR count). The normalized spacial score (nSPS) is 21.7. The lowest BCUT2D eigenvalue weighted by Gasteiger charge is -2.35. The monoisotopic (exact) mass is 844 g/mol. The van der Waals surface area contributed by atoms with Crippen molar-refractivity contribution >= 4 is 39.7 Å². The molecular formula is C48H60N8O6. The molecule has 3 aromatic carbocycles. The molecule has 0 radical (unpaired) electrons. The highest BCUT2D eigenvalue weighted by Crippen LogP contribution is 2.38. The van der Waals surface area contributed by atoms with Gasteiger partial charge in [-0.2, -0.15) is 0 Å². The van der Waals surface area contributed by atoms with Crippen LogP contribution in [-0.2, 0) is 19.1 Å².